The van der Waals surface area contributed by atoms with Gasteiger partial charge < -0.3 is 10.1 Å². The van der Waals surface area contributed by atoms with Crippen molar-refractivity contribution in [2.45, 2.75) is 26.4 Å². The van der Waals surface area contributed by atoms with Crippen LogP contribution in [0.1, 0.15) is 30.6 Å². The molecule has 2 aromatic carbocycles. The number of hydrogen-bond acceptors (Lipinski definition) is 3. The van der Waals surface area contributed by atoms with Crippen LogP contribution in [0.15, 0.2) is 53.0 Å². The van der Waals surface area contributed by atoms with Crippen molar-refractivity contribution < 1.29 is 9.53 Å². The molecule has 1 amide bonds. The maximum atomic E-state index is 12.9. The number of rotatable bonds is 7. The molecule has 3 rings (SSSR count). The van der Waals surface area contributed by atoms with Crippen LogP contribution in [0.25, 0.3) is 22.2 Å². The summed E-state index contributed by atoms with van der Waals surface area (Å²) in [7, 11) is 0. The molecule has 0 aliphatic carbocycles. The van der Waals surface area contributed by atoms with Crippen LogP contribution >= 0.6 is 27.5 Å². The van der Waals surface area contributed by atoms with Gasteiger partial charge in [-0.15, -0.1) is 0 Å². The number of carbonyl (C=O) groups is 1. The molecule has 0 aliphatic rings. The highest BCUT2D eigenvalue weighted by Gasteiger charge is 2.14. The number of hydrogen-bond donors (Lipinski definition) is 1. The lowest BCUT2D eigenvalue weighted by molar-refractivity contribution is 0.0757. The molecule has 0 bridgehead atoms. The zero-order chi connectivity index (χ0) is 20.1. The van der Waals surface area contributed by atoms with Gasteiger partial charge in [-0.05, 0) is 56.7 Å². The lowest BCUT2D eigenvalue weighted by atomic mass is 10.0. The van der Waals surface area contributed by atoms with Crippen LogP contribution in [0.4, 0.5) is 0 Å². The monoisotopic (exact) mass is 460 g/mol. The fourth-order valence-corrected chi connectivity index (χ4v) is 3.33. The Morgan fingerprint density at radius 3 is 2.64 bits per heavy atom. The summed E-state index contributed by atoms with van der Waals surface area (Å²) in [5, 5.41) is 4.46. The average Bonchev–Trinajstić information content (AvgIpc) is 2.67. The van der Waals surface area contributed by atoms with Crippen LogP contribution in [-0.4, -0.2) is 30.1 Å². The molecule has 0 saturated carbocycles. The lowest BCUT2D eigenvalue weighted by Crippen LogP contribution is -2.26. The Labute approximate surface area is 178 Å². The number of benzene rings is 2. The van der Waals surface area contributed by atoms with Gasteiger partial charge in [-0.3, -0.25) is 4.79 Å². The van der Waals surface area contributed by atoms with Gasteiger partial charge in [0.1, 0.15) is 0 Å². The van der Waals surface area contributed by atoms with Crippen molar-refractivity contribution in [1.29, 1.82) is 0 Å². The minimum absolute atomic E-state index is 0.120. The van der Waals surface area contributed by atoms with Crippen molar-refractivity contribution in [2.75, 3.05) is 13.2 Å². The summed E-state index contributed by atoms with van der Waals surface area (Å²) >= 11 is 9.48. The molecule has 0 fully saturated rings. The van der Waals surface area contributed by atoms with Gasteiger partial charge in [0.15, 0.2) is 0 Å². The Morgan fingerprint density at radius 2 is 1.93 bits per heavy atom. The number of pyridine rings is 1. The Hall–Kier alpha value is -1.95. The molecule has 4 nitrogen and oxygen atoms in total. The Kier molecular flexibility index (Phi) is 7.05. The van der Waals surface area contributed by atoms with Gasteiger partial charge in [-0.2, -0.15) is 0 Å². The predicted molar refractivity (Wildman–Crippen MR) is 118 cm³/mol. The van der Waals surface area contributed by atoms with Crippen LogP contribution in [0.3, 0.4) is 0 Å². The van der Waals surface area contributed by atoms with E-state index in [-0.39, 0.29) is 12.0 Å². The topological polar surface area (TPSA) is 51.2 Å². The van der Waals surface area contributed by atoms with E-state index in [4.69, 9.17) is 21.3 Å². The molecule has 0 unspecified atom stereocenters. The quantitative estimate of drug-likeness (QED) is 0.448. The number of carbonyl (C=O) groups excluding carboxylic acids is 1. The molecule has 6 heteroatoms. The number of ether oxygens (including phenoxy) is 1. The maximum Gasteiger partial charge on any atom is 0.252 e. The van der Waals surface area contributed by atoms with Crippen molar-refractivity contribution in [3.8, 4) is 11.3 Å². The van der Waals surface area contributed by atoms with Crippen molar-refractivity contribution in [3.63, 3.8) is 0 Å². The lowest BCUT2D eigenvalue weighted by Gasteiger charge is -2.12. The zero-order valence-electron chi connectivity index (χ0n) is 15.8. The Bertz CT molecular complexity index is 974. The molecule has 28 heavy (non-hydrogen) atoms. The van der Waals surface area contributed by atoms with Crippen molar-refractivity contribution in [3.05, 3.63) is 63.6 Å². The number of aromatic nitrogens is 1. The normalized spacial score (nSPS) is 11.2. The molecule has 0 radical (unpaired) electrons. The van der Waals surface area contributed by atoms with Crippen molar-refractivity contribution in [1.82, 2.24) is 10.3 Å². The van der Waals surface area contributed by atoms with E-state index in [1.54, 1.807) is 0 Å². The van der Waals surface area contributed by atoms with Gasteiger partial charge >= 0.3 is 0 Å². The third-order valence-electron chi connectivity index (χ3n) is 4.21. The van der Waals surface area contributed by atoms with E-state index in [9.17, 15) is 4.79 Å². The van der Waals surface area contributed by atoms with E-state index in [0.717, 1.165) is 33.1 Å². The van der Waals surface area contributed by atoms with Crippen molar-refractivity contribution in [2.24, 2.45) is 0 Å². The molecular formula is C22H22BrClN2O2. The highest BCUT2D eigenvalue weighted by atomic mass is 79.9. The molecule has 0 aliphatic heterocycles. The largest absolute Gasteiger partial charge is 0.379 e. The second-order valence-corrected chi connectivity index (χ2v) is 8.10. The summed E-state index contributed by atoms with van der Waals surface area (Å²) in [5.41, 5.74) is 3.01. The standard InChI is InChI=1S/C22H22BrClN2O2/c1-14(2)28-11-3-10-25-22(27)19-13-21(15-4-7-17(24)8-5-15)26-20-9-6-16(23)12-18(19)20/h4-9,12-14H,3,10-11H2,1-2H3,(H,25,27). The van der Waals surface area contributed by atoms with E-state index in [1.807, 2.05) is 62.4 Å². The van der Waals surface area contributed by atoms with Gasteiger partial charge in [0, 0.05) is 33.6 Å². The molecular weight excluding hydrogens is 440 g/mol. The minimum atomic E-state index is -0.120. The third-order valence-corrected chi connectivity index (χ3v) is 4.96. The first-order valence-corrected chi connectivity index (χ1v) is 10.4. The zero-order valence-corrected chi connectivity index (χ0v) is 18.2. The van der Waals surface area contributed by atoms with Gasteiger partial charge in [0.05, 0.1) is 22.9 Å². The maximum absolute atomic E-state index is 12.9. The summed E-state index contributed by atoms with van der Waals surface area (Å²) in [4.78, 5) is 17.6. The van der Waals surface area contributed by atoms with E-state index in [0.29, 0.717) is 23.7 Å². The summed E-state index contributed by atoms with van der Waals surface area (Å²) in [6.45, 7) is 5.17. The molecule has 1 N–H and O–H groups in total. The Morgan fingerprint density at radius 1 is 1.18 bits per heavy atom. The smallest absolute Gasteiger partial charge is 0.252 e. The van der Waals surface area contributed by atoms with E-state index < -0.39 is 0 Å². The van der Waals surface area contributed by atoms with E-state index in [2.05, 4.69) is 21.2 Å². The first-order valence-electron chi connectivity index (χ1n) is 9.20. The fourth-order valence-electron chi connectivity index (χ4n) is 2.84. The van der Waals surface area contributed by atoms with Gasteiger partial charge in [0.2, 0.25) is 0 Å². The molecule has 146 valence electrons. The van der Waals surface area contributed by atoms with Crippen LogP contribution in [0, 0.1) is 0 Å². The average molecular weight is 462 g/mol. The molecule has 0 atom stereocenters. The predicted octanol–water partition coefficient (Wildman–Crippen LogP) is 5.86. The summed E-state index contributed by atoms with van der Waals surface area (Å²) in [6, 6.07) is 15.0. The second-order valence-electron chi connectivity index (χ2n) is 6.75. The molecule has 1 aromatic heterocycles. The minimum Gasteiger partial charge on any atom is -0.379 e. The van der Waals surface area contributed by atoms with E-state index in [1.165, 1.54) is 0 Å². The summed E-state index contributed by atoms with van der Waals surface area (Å²) in [6.07, 6.45) is 0.958. The van der Waals surface area contributed by atoms with Gasteiger partial charge in [-0.25, -0.2) is 4.98 Å². The molecule has 0 spiro atoms. The Balaban J connectivity index is 1.89. The highest BCUT2D eigenvalue weighted by Crippen LogP contribution is 2.28. The summed E-state index contributed by atoms with van der Waals surface area (Å²) < 4.78 is 6.43. The number of fused-ring (bicyclic) bond motifs is 1. The highest BCUT2D eigenvalue weighted by molar-refractivity contribution is 9.10. The number of amides is 1. The first-order chi connectivity index (χ1) is 13.4. The summed E-state index contributed by atoms with van der Waals surface area (Å²) in [5.74, 6) is -0.120. The van der Waals surface area contributed by atoms with Gasteiger partial charge in [-0.1, -0.05) is 39.7 Å². The van der Waals surface area contributed by atoms with Crippen LogP contribution in [0.5, 0.6) is 0 Å². The fraction of sp³-hybridized carbons (Fsp3) is 0.273. The SMILES string of the molecule is CC(C)OCCCNC(=O)c1cc(-c2ccc(Cl)cc2)nc2ccc(Br)cc12. The third kappa shape index (κ3) is 5.31. The van der Waals surface area contributed by atoms with Crippen LogP contribution in [0.2, 0.25) is 5.02 Å². The van der Waals surface area contributed by atoms with E-state index >= 15 is 0 Å². The first kappa shape index (κ1) is 20.8. The number of nitrogens with zero attached hydrogens (tertiary/aromatic N) is 1. The number of halogens is 2. The number of nitrogens with one attached hydrogen (secondary N) is 1. The van der Waals surface area contributed by atoms with Gasteiger partial charge in [0.25, 0.3) is 5.91 Å². The molecule has 0 saturated heterocycles. The van der Waals surface area contributed by atoms with Crippen molar-refractivity contribution >= 4 is 44.3 Å². The second kappa shape index (κ2) is 9.50. The van der Waals surface area contributed by atoms with Crippen LogP contribution < -0.4 is 5.32 Å². The van der Waals surface area contributed by atoms with Crippen LogP contribution in [-0.2, 0) is 4.74 Å². The molecule has 3 aromatic rings. The molecule has 1 heterocycles.